The molecule has 9 aromatic rings. The molecule has 0 aliphatic rings. The number of benzene rings is 7. The summed E-state index contributed by atoms with van der Waals surface area (Å²) in [4.78, 5) is 15.3. The minimum Gasteiger partial charge on any atom is -0.455 e. The Kier molecular flexibility index (Phi) is 7.10. The van der Waals surface area contributed by atoms with E-state index in [1.807, 2.05) is 30.3 Å². The number of hydrogen-bond donors (Lipinski definition) is 0. The molecule has 0 aliphatic carbocycles. The largest absolute Gasteiger partial charge is 0.455 e. The molecule has 0 spiro atoms. The van der Waals surface area contributed by atoms with Gasteiger partial charge in [-0.1, -0.05) is 170 Å². The predicted octanol–water partition coefficient (Wildman–Crippen LogP) is 11.8. The molecule has 0 unspecified atom stereocenters. The SMILES string of the molecule is c1ccc(-c2ccc(-c3nc(-c4ccc(-c5ccccc5)cc4)nc(-c4cccc5oc6c(-c7ccccc7)cccc6c45)n3)cc2)cc1. The number of nitrogens with zero attached hydrogens (tertiary/aromatic N) is 3. The maximum absolute atomic E-state index is 6.57. The van der Waals surface area contributed by atoms with Crippen LogP contribution in [0.1, 0.15) is 0 Å². The second-order valence-electron chi connectivity index (χ2n) is 12.0. The molecule has 49 heavy (non-hydrogen) atoms. The Balaban J connectivity index is 1.21. The molecule has 0 amide bonds. The summed E-state index contributed by atoms with van der Waals surface area (Å²) in [5.41, 5.74) is 11.1. The molecule has 0 bridgehead atoms. The monoisotopic (exact) mass is 627 g/mol. The van der Waals surface area contributed by atoms with E-state index in [1.54, 1.807) is 0 Å². The third-order valence-electron chi connectivity index (χ3n) is 8.98. The van der Waals surface area contributed by atoms with Crippen molar-refractivity contribution in [1.82, 2.24) is 15.0 Å². The quantitative estimate of drug-likeness (QED) is 0.184. The van der Waals surface area contributed by atoms with E-state index in [1.165, 1.54) is 0 Å². The first kappa shape index (κ1) is 28.6. The van der Waals surface area contributed by atoms with Gasteiger partial charge in [0.05, 0.1) is 0 Å². The lowest BCUT2D eigenvalue weighted by atomic mass is 10.0. The second kappa shape index (κ2) is 12.2. The molecule has 0 fully saturated rings. The molecule has 0 radical (unpaired) electrons. The van der Waals surface area contributed by atoms with Crippen molar-refractivity contribution in [2.45, 2.75) is 0 Å². The fourth-order valence-corrected chi connectivity index (χ4v) is 6.52. The van der Waals surface area contributed by atoms with Crippen LogP contribution < -0.4 is 0 Å². The van der Waals surface area contributed by atoms with Crippen molar-refractivity contribution >= 4 is 21.9 Å². The van der Waals surface area contributed by atoms with Crippen molar-refractivity contribution in [3.05, 3.63) is 176 Å². The molecular weight excluding hydrogens is 599 g/mol. The summed E-state index contributed by atoms with van der Waals surface area (Å²) in [6, 6.07) is 60.4. The zero-order chi connectivity index (χ0) is 32.6. The van der Waals surface area contributed by atoms with Gasteiger partial charge in [0.25, 0.3) is 0 Å². The lowest BCUT2D eigenvalue weighted by molar-refractivity contribution is 0.670. The van der Waals surface area contributed by atoms with E-state index in [2.05, 4.69) is 146 Å². The topological polar surface area (TPSA) is 51.8 Å². The lowest BCUT2D eigenvalue weighted by Crippen LogP contribution is -2.00. The fourth-order valence-electron chi connectivity index (χ4n) is 6.52. The highest BCUT2D eigenvalue weighted by atomic mass is 16.3. The van der Waals surface area contributed by atoms with Crippen LogP contribution in [0.25, 0.3) is 89.5 Å². The summed E-state index contributed by atoms with van der Waals surface area (Å²) in [6.07, 6.45) is 0. The van der Waals surface area contributed by atoms with Crippen LogP contribution >= 0.6 is 0 Å². The van der Waals surface area contributed by atoms with Crippen LogP contribution in [-0.2, 0) is 0 Å². The van der Waals surface area contributed by atoms with E-state index in [-0.39, 0.29) is 0 Å². The van der Waals surface area contributed by atoms with E-state index in [9.17, 15) is 0 Å². The molecule has 2 heterocycles. The molecule has 0 aliphatic heterocycles. The summed E-state index contributed by atoms with van der Waals surface area (Å²) in [5, 5.41) is 2.01. The van der Waals surface area contributed by atoms with Crippen LogP contribution in [0.3, 0.4) is 0 Å². The van der Waals surface area contributed by atoms with Gasteiger partial charge >= 0.3 is 0 Å². The smallest absolute Gasteiger partial charge is 0.164 e. The van der Waals surface area contributed by atoms with Gasteiger partial charge in [-0.15, -0.1) is 0 Å². The average Bonchev–Trinajstić information content (AvgIpc) is 3.58. The summed E-state index contributed by atoms with van der Waals surface area (Å²) in [5.74, 6) is 1.82. The maximum atomic E-state index is 6.57. The van der Waals surface area contributed by atoms with Crippen molar-refractivity contribution in [3.8, 4) is 67.5 Å². The summed E-state index contributed by atoms with van der Waals surface area (Å²) >= 11 is 0. The molecule has 4 heteroatoms. The Morgan fingerprint density at radius 2 is 0.735 bits per heavy atom. The van der Waals surface area contributed by atoms with E-state index >= 15 is 0 Å². The maximum Gasteiger partial charge on any atom is 0.164 e. The van der Waals surface area contributed by atoms with Gasteiger partial charge in [0.15, 0.2) is 17.5 Å². The summed E-state index contributed by atoms with van der Waals surface area (Å²) < 4.78 is 6.57. The number of aromatic nitrogens is 3. The first-order valence-corrected chi connectivity index (χ1v) is 16.4. The first-order chi connectivity index (χ1) is 24.3. The van der Waals surface area contributed by atoms with Crippen molar-refractivity contribution in [2.24, 2.45) is 0 Å². The first-order valence-electron chi connectivity index (χ1n) is 16.4. The molecule has 9 rings (SSSR count). The van der Waals surface area contributed by atoms with Crippen LogP contribution in [0.4, 0.5) is 0 Å². The minimum absolute atomic E-state index is 0.595. The van der Waals surface area contributed by atoms with Crippen LogP contribution in [0.5, 0.6) is 0 Å². The number of fused-ring (bicyclic) bond motifs is 3. The summed E-state index contributed by atoms with van der Waals surface area (Å²) in [6.45, 7) is 0. The van der Waals surface area contributed by atoms with Crippen LogP contribution in [-0.4, -0.2) is 15.0 Å². The zero-order valence-electron chi connectivity index (χ0n) is 26.5. The molecular formula is C45H29N3O. The van der Waals surface area contributed by atoms with Crippen LogP contribution in [0.2, 0.25) is 0 Å². The molecule has 0 saturated carbocycles. The second-order valence-corrected chi connectivity index (χ2v) is 12.0. The highest BCUT2D eigenvalue weighted by molar-refractivity contribution is 6.15. The van der Waals surface area contributed by atoms with Crippen molar-refractivity contribution in [1.29, 1.82) is 0 Å². The highest BCUT2D eigenvalue weighted by Gasteiger charge is 2.19. The Hall–Kier alpha value is -6.65. The Bertz CT molecular complexity index is 2460. The van der Waals surface area contributed by atoms with Crippen molar-refractivity contribution in [3.63, 3.8) is 0 Å². The van der Waals surface area contributed by atoms with Crippen molar-refractivity contribution in [2.75, 3.05) is 0 Å². The number of hydrogen-bond acceptors (Lipinski definition) is 4. The van der Waals surface area contributed by atoms with Crippen LogP contribution in [0, 0.1) is 0 Å². The fraction of sp³-hybridized carbons (Fsp3) is 0. The predicted molar refractivity (Wildman–Crippen MR) is 200 cm³/mol. The van der Waals surface area contributed by atoms with Gasteiger partial charge in [0, 0.05) is 33.0 Å². The third kappa shape index (κ3) is 5.35. The van der Waals surface area contributed by atoms with Gasteiger partial charge in [-0.05, 0) is 33.9 Å². The number of rotatable bonds is 6. The average molecular weight is 628 g/mol. The number of furan rings is 1. The van der Waals surface area contributed by atoms with Gasteiger partial charge in [-0.25, -0.2) is 15.0 Å². The Morgan fingerprint density at radius 3 is 1.29 bits per heavy atom. The lowest BCUT2D eigenvalue weighted by Gasteiger charge is -2.10. The van der Waals surface area contributed by atoms with E-state index in [4.69, 9.17) is 19.4 Å². The molecule has 7 aromatic carbocycles. The van der Waals surface area contributed by atoms with E-state index in [0.29, 0.717) is 17.5 Å². The van der Waals surface area contributed by atoms with Gasteiger partial charge < -0.3 is 4.42 Å². The van der Waals surface area contributed by atoms with Crippen LogP contribution in [0.15, 0.2) is 180 Å². The van der Waals surface area contributed by atoms with Crippen molar-refractivity contribution < 1.29 is 4.42 Å². The Morgan fingerprint density at radius 1 is 0.306 bits per heavy atom. The highest BCUT2D eigenvalue weighted by Crippen LogP contribution is 2.40. The van der Waals surface area contributed by atoms with Gasteiger partial charge in [0.1, 0.15) is 11.2 Å². The molecule has 0 saturated heterocycles. The van der Waals surface area contributed by atoms with Gasteiger partial charge in [-0.3, -0.25) is 0 Å². The summed E-state index contributed by atoms with van der Waals surface area (Å²) in [7, 11) is 0. The number of para-hydroxylation sites is 1. The van der Waals surface area contributed by atoms with Gasteiger partial charge in [0.2, 0.25) is 0 Å². The molecule has 2 aromatic heterocycles. The molecule has 0 N–H and O–H groups in total. The van der Waals surface area contributed by atoms with E-state index in [0.717, 1.165) is 72.0 Å². The normalized spacial score (nSPS) is 11.3. The van der Waals surface area contributed by atoms with Gasteiger partial charge in [-0.2, -0.15) is 0 Å². The molecule has 4 nitrogen and oxygen atoms in total. The van der Waals surface area contributed by atoms with E-state index < -0.39 is 0 Å². The third-order valence-corrected chi connectivity index (χ3v) is 8.98. The molecule has 230 valence electrons. The zero-order valence-corrected chi connectivity index (χ0v) is 26.5. The Labute approximate surface area is 284 Å². The minimum atomic E-state index is 0.595. The standard InChI is InChI=1S/C45H29N3O/c1-4-12-30(13-5-1)32-22-26-35(27-23-32)43-46-44(36-28-24-33(25-29-36)31-14-6-2-7-15-31)48-45(47-43)39-20-11-21-40-41(39)38-19-10-18-37(42(38)49-40)34-16-8-3-9-17-34/h1-29H. The molecule has 0 atom stereocenters.